The molecule has 2 aromatic rings. The summed E-state index contributed by atoms with van der Waals surface area (Å²) in [6.07, 6.45) is 7.83. The number of nitrogens with one attached hydrogen (secondary N) is 4. The maximum atomic E-state index is 13.8. The standard InChI is InChI=1S/C28H39N8O5/c29-11-5-4-9-22(35-26(39)23(34-25(38)15-30)14-20-16-31-18-32-20)28(41)36-12-6-10-24(36)27(40)33-21(17-37)13-19-7-2-1-3-8-19/h1-3,7-8,16,18,21-24H,4-6,9-15,29-30H2,(H,31,32)(H,33,40)(H,34,38)(H,35,39)/t21-,22-,23-,24-/m0/s1. The Balaban J connectivity index is 1.71. The van der Waals surface area contributed by atoms with Gasteiger partial charge in [0.25, 0.3) is 0 Å². The first-order chi connectivity index (χ1) is 19.9. The molecule has 0 unspecified atom stereocenters. The second kappa shape index (κ2) is 16.2. The highest BCUT2D eigenvalue weighted by molar-refractivity contribution is 5.95. The first kappa shape index (κ1) is 31.4. The highest BCUT2D eigenvalue weighted by Gasteiger charge is 2.38. The molecule has 2 heterocycles. The van der Waals surface area contributed by atoms with E-state index in [2.05, 4.69) is 25.9 Å². The van der Waals surface area contributed by atoms with Crippen LogP contribution >= 0.6 is 0 Å². The predicted octanol–water partition coefficient (Wildman–Crippen LogP) is -1.16. The van der Waals surface area contributed by atoms with E-state index >= 15 is 0 Å². The first-order valence-corrected chi connectivity index (χ1v) is 13.9. The van der Waals surface area contributed by atoms with Crippen molar-refractivity contribution in [2.45, 2.75) is 69.1 Å². The second-order valence-electron chi connectivity index (χ2n) is 9.99. The lowest BCUT2D eigenvalue weighted by Crippen LogP contribution is -2.58. The lowest BCUT2D eigenvalue weighted by molar-refractivity contribution is -0.142. The third-order valence-corrected chi connectivity index (χ3v) is 6.95. The normalized spacial score (nSPS) is 16.8. The number of carbonyl (C=O) groups is 4. The number of nitrogens with zero attached hydrogens (tertiary/aromatic N) is 2. The summed E-state index contributed by atoms with van der Waals surface area (Å²) >= 11 is 0. The van der Waals surface area contributed by atoms with E-state index in [1.54, 1.807) is 6.20 Å². The Morgan fingerprint density at radius 1 is 1.05 bits per heavy atom. The fourth-order valence-electron chi connectivity index (χ4n) is 4.84. The molecule has 1 aliphatic rings. The van der Waals surface area contributed by atoms with Crippen LogP contribution in [0.4, 0.5) is 0 Å². The van der Waals surface area contributed by atoms with Crippen molar-refractivity contribution in [1.29, 1.82) is 0 Å². The topological polar surface area (TPSA) is 205 Å². The zero-order valence-corrected chi connectivity index (χ0v) is 23.0. The number of rotatable bonds is 16. The van der Waals surface area contributed by atoms with Crippen LogP contribution in [0, 0.1) is 0 Å². The molecule has 0 aliphatic carbocycles. The van der Waals surface area contributed by atoms with Crippen molar-refractivity contribution >= 4 is 29.9 Å². The van der Waals surface area contributed by atoms with Crippen LogP contribution in [0.15, 0.2) is 42.9 Å². The van der Waals surface area contributed by atoms with Gasteiger partial charge in [-0.05, 0) is 44.2 Å². The highest BCUT2D eigenvalue weighted by Crippen LogP contribution is 2.20. The number of likely N-dealkylation sites (tertiary alicyclic amines) is 1. The minimum absolute atomic E-state index is 0.0878. The average Bonchev–Trinajstić information content (AvgIpc) is 3.68. The number of carbonyl (C=O) groups excluding carboxylic acids is 5. The number of hydrogen-bond donors (Lipinski definition) is 6. The van der Waals surface area contributed by atoms with Crippen LogP contribution in [0.1, 0.15) is 43.4 Å². The zero-order valence-electron chi connectivity index (χ0n) is 23.0. The number of hydrogen-bond acceptors (Lipinski definition) is 8. The third-order valence-electron chi connectivity index (χ3n) is 6.95. The summed E-state index contributed by atoms with van der Waals surface area (Å²) in [5.74, 6) is -1.95. The number of imidazole rings is 1. The van der Waals surface area contributed by atoms with Crippen molar-refractivity contribution in [2.75, 3.05) is 19.6 Å². The van der Waals surface area contributed by atoms with Crippen molar-refractivity contribution in [3.63, 3.8) is 0 Å². The molecule has 1 aliphatic heterocycles. The van der Waals surface area contributed by atoms with E-state index in [1.165, 1.54) is 11.2 Å². The molecule has 1 fully saturated rings. The highest BCUT2D eigenvalue weighted by atomic mass is 16.2. The van der Waals surface area contributed by atoms with Crippen molar-refractivity contribution in [1.82, 2.24) is 30.8 Å². The predicted molar refractivity (Wildman–Crippen MR) is 151 cm³/mol. The largest absolute Gasteiger partial charge is 0.351 e. The molecule has 41 heavy (non-hydrogen) atoms. The quantitative estimate of drug-likeness (QED) is 0.136. The Bertz CT molecular complexity index is 1140. The molecule has 0 spiro atoms. The van der Waals surface area contributed by atoms with E-state index in [9.17, 15) is 24.0 Å². The SMILES string of the molecule is NCCCC[C@H](NC(=O)[C@H](Cc1c[nH]cn1)NC(=O)CN)C(=O)N1CCC[C@H]1C(=O)N[C@H]([C]=O)Cc1ccccc1. The van der Waals surface area contributed by atoms with Gasteiger partial charge in [-0.1, -0.05) is 30.3 Å². The van der Waals surface area contributed by atoms with Crippen molar-refractivity contribution < 1.29 is 24.0 Å². The molecule has 221 valence electrons. The summed E-state index contributed by atoms with van der Waals surface area (Å²) in [6, 6.07) is 5.63. The second-order valence-corrected chi connectivity index (χ2v) is 9.99. The van der Waals surface area contributed by atoms with E-state index in [0.29, 0.717) is 50.9 Å². The van der Waals surface area contributed by atoms with Crippen molar-refractivity contribution in [2.24, 2.45) is 11.5 Å². The fraction of sp³-hybridized carbons (Fsp3) is 0.500. The Morgan fingerprint density at radius 2 is 1.83 bits per heavy atom. The van der Waals surface area contributed by atoms with Crippen LogP contribution in [0.5, 0.6) is 0 Å². The van der Waals surface area contributed by atoms with E-state index in [-0.39, 0.29) is 19.4 Å². The molecule has 3 rings (SSSR count). The molecule has 1 saturated heterocycles. The van der Waals surface area contributed by atoms with Gasteiger partial charge in [-0.15, -0.1) is 0 Å². The smallest absolute Gasteiger partial charge is 0.245 e. The molecule has 8 N–H and O–H groups in total. The minimum atomic E-state index is -1.02. The summed E-state index contributed by atoms with van der Waals surface area (Å²) in [5.41, 5.74) is 12.5. The van der Waals surface area contributed by atoms with E-state index in [4.69, 9.17) is 11.5 Å². The van der Waals surface area contributed by atoms with E-state index in [1.807, 2.05) is 36.6 Å². The maximum Gasteiger partial charge on any atom is 0.245 e. The van der Waals surface area contributed by atoms with Crippen LogP contribution in [0.2, 0.25) is 0 Å². The molecule has 4 atom stereocenters. The Kier molecular flexibility index (Phi) is 12.4. The molecule has 0 saturated carbocycles. The monoisotopic (exact) mass is 567 g/mol. The Hall–Kier alpha value is -4.10. The van der Waals surface area contributed by atoms with Crippen LogP contribution in [-0.4, -0.2) is 88.6 Å². The van der Waals surface area contributed by atoms with Crippen LogP contribution in [-0.2, 0) is 36.8 Å². The Morgan fingerprint density at radius 3 is 2.49 bits per heavy atom. The number of aromatic nitrogens is 2. The summed E-state index contributed by atoms with van der Waals surface area (Å²) < 4.78 is 0. The molecular weight excluding hydrogens is 528 g/mol. The van der Waals surface area contributed by atoms with Gasteiger partial charge in [0, 0.05) is 25.6 Å². The van der Waals surface area contributed by atoms with Gasteiger partial charge in [-0.2, -0.15) is 0 Å². The molecule has 13 heteroatoms. The average molecular weight is 568 g/mol. The van der Waals surface area contributed by atoms with Gasteiger partial charge in [0.15, 0.2) is 0 Å². The van der Waals surface area contributed by atoms with E-state index < -0.39 is 47.8 Å². The van der Waals surface area contributed by atoms with Gasteiger partial charge in [0.05, 0.1) is 24.6 Å². The number of H-pyrrole nitrogens is 1. The zero-order chi connectivity index (χ0) is 29.6. The summed E-state index contributed by atoms with van der Waals surface area (Å²) in [7, 11) is 0. The molecule has 1 aromatic carbocycles. The van der Waals surface area contributed by atoms with Gasteiger partial charge in [-0.25, -0.2) is 4.98 Å². The van der Waals surface area contributed by atoms with Gasteiger partial charge >= 0.3 is 0 Å². The van der Waals surface area contributed by atoms with Crippen LogP contribution < -0.4 is 27.4 Å². The summed E-state index contributed by atoms with van der Waals surface area (Å²) in [5, 5.41) is 8.08. The fourth-order valence-corrected chi connectivity index (χ4v) is 4.84. The number of amides is 4. The molecular formula is C28H39N8O5. The lowest BCUT2D eigenvalue weighted by atomic mass is 10.0. The van der Waals surface area contributed by atoms with Crippen LogP contribution in [0.3, 0.4) is 0 Å². The molecule has 13 nitrogen and oxygen atoms in total. The molecule has 1 radical (unpaired) electrons. The van der Waals surface area contributed by atoms with E-state index in [0.717, 1.165) is 5.56 Å². The van der Waals surface area contributed by atoms with Gasteiger partial charge in [0.1, 0.15) is 18.1 Å². The number of nitrogens with two attached hydrogens (primary N) is 2. The molecule has 4 amide bonds. The number of aromatic amines is 1. The molecule has 1 aromatic heterocycles. The minimum Gasteiger partial charge on any atom is -0.351 e. The number of unbranched alkanes of at least 4 members (excludes halogenated alkanes) is 1. The van der Waals surface area contributed by atoms with Gasteiger partial charge < -0.3 is 37.3 Å². The first-order valence-electron chi connectivity index (χ1n) is 13.9. The third kappa shape index (κ3) is 9.50. The van der Waals surface area contributed by atoms with Gasteiger partial charge in [0.2, 0.25) is 29.9 Å². The Labute approximate surface area is 239 Å². The van der Waals surface area contributed by atoms with Crippen molar-refractivity contribution in [3.05, 3.63) is 54.1 Å². The lowest BCUT2D eigenvalue weighted by Gasteiger charge is -2.30. The maximum absolute atomic E-state index is 13.8. The summed E-state index contributed by atoms with van der Waals surface area (Å²) in [6.45, 7) is 0.440. The summed E-state index contributed by atoms with van der Waals surface area (Å²) in [4.78, 5) is 72.3. The van der Waals surface area contributed by atoms with Gasteiger partial charge in [-0.3, -0.25) is 24.0 Å². The van der Waals surface area contributed by atoms with Crippen LogP contribution in [0.25, 0.3) is 0 Å². The molecule has 0 bridgehead atoms. The number of benzene rings is 1. The van der Waals surface area contributed by atoms with Crippen molar-refractivity contribution in [3.8, 4) is 0 Å².